The van der Waals surface area contributed by atoms with E-state index in [2.05, 4.69) is 41.5 Å². The van der Waals surface area contributed by atoms with Gasteiger partial charge in [-0.15, -0.1) is 0 Å². The van der Waals surface area contributed by atoms with Gasteiger partial charge in [0.15, 0.2) is 17.4 Å². The van der Waals surface area contributed by atoms with Crippen molar-refractivity contribution in [3.05, 3.63) is 89.5 Å². The lowest BCUT2D eigenvalue weighted by Crippen LogP contribution is -2.30. The topological polar surface area (TPSA) is 128 Å². The molecule has 0 saturated carbocycles. The van der Waals surface area contributed by atoms with Gasteiger partial charge in [0.25, 0.3) is 0 Å². The van der Waals surface area contributed by atoms with Gasteiger partial charge in [-0.2, -0.15) is 0 Å². The van der Waals surface area contributed by atoms with E-state index in [4.69, 9.17) is 56.2 Å². The molecule has 3 atom stereocenters. The van der Waals surface area contributed by atoms with Crippen molar-refractivity contribution in [3.8, 4) is 17.2 Å². The Kier molecular flexibility index (Phi) is 27.3. The fraction of sp³-hybridized carbons (Fsp3) is 0.667. The molecule has 0 heterocycles. The third-order valence-electron chi connectivity index (χ3n) is 11.1. The van der Waals surface area contributed by atoms with Crippen LogP contribution in [0.25, 0.3) is 0 Å². The molecule has 14 heteroatoms. The largest absolute Gasteiger partial charge is 0.484 e. The lowest BCUT2D eigenvalue weighted by molar-refractivity contribution is -0.236. The molecule has 13 nitrogen and oxygen atoms in total. The molecule has 0 fully saturated rings. The summed E-state index contributed by atoms with van der Waals surface area (Å²) in [5, 5.41) is 0. The molecule has 3 aromatic carbocycles. The molecule has 68 heavy (non-hydrogen) atoms. The molecule has 386 valence electrons. The normalized spacial score (nSPS) is 14.6. The first kappa shape index (κ1) is 59.2. The average molecular weight is 975 g/mol. The van der Waals surface area contributed by atoms with E-state index >= 15 is 0 Å². The van der Waals surface area contributed by atoms with Crippen LogP contribution in [0.4, 0.5) is 0 Å². The number of hydrogen-bond acceptors (Lipinski definition) is 13. The van der Waals surface area contributed by atoms with E-state index in [0.29, 0.717) is 56.9 Å². The summed E-state index contributed by atoms with van der Waals surface area (Å²) in [6.07, 6.45) is 8.28. The summed E-state index contributed by atoms with van der Waals surface area (Å²) in [6, 6.07) is 22.1. The standard InChI is InChI=1S/C54H87O13P/c1-13-19-37-56-52(10,57-38-20-14-2)46-25-31-49(32-26-46)62-43(7)65-68(55,66-44(8)63-50-33-27-47(28-34-50)53(11,58-39-21-15-3)59-40-22-16-4)67-45(9)64-51-35-29-48(30-36-51)54(12,60-41-23-17-5)61-42-24-18-6/h25-36,43-45H,13-24,37-42H2,1-12H3. The van der Waals surface area contributed by atoms with E-state index in [1.54, 1.807) is 57.2 Å². The molecular formula is C54H87O13P. The van der Waals surface area contributed by atoms with Crippen LogP contribution in [0.2, 0.25) is 0 Å². The van der Waals surface area contributed by atoms with Gasteiger partial charge in [0.1, 0.15) is 17.2 Å². The molecule has 0 spiro atoms. The fourth-order valence-corrected chi connectivity index (χ4v) is 8.23. The van der Waals surface area contributed by atoms with Crippen LogP contribution in [0.5, 0.6) is 17.2 Å². The monoisotopic (exact) mass is 975 g/mol. The zero-order chi connectivity index (χ0) is 49.9. The molecule has 3 aromatic rings. The Bertz CT molecular complexity index is 1570. The van der Waals surface area contributed by atoms with Crippen molar-refractivity contribution in [1.29, 1.82) is 0 Å². The maximum atomic E-state index is 14.7. The molecule has 0 aliphatic rings. The van der Waals surface area contributed by atoms with Crippen LogP contribution in [0.15, 0.2) is 72.8 Å². The number of phosphoric ester groups is 1. The second-order valence-corrected chi connectivity index (χ2v) is 19.0. The summed E-state index contributed by atoms with van der Waals surface area (Å²) in [6.45, 7) is 26.8. The molecule has 3 unspecified atom stereocenters. The molecule has 0 aliphatic carbocycles. The van der Waals surface area contributed by atoms with Crippen LogP contribution in [0.3, 0.4) is 0 Å². The molecule has 0 aromatic heterocycles. The van der Waals surface area contributed by atoms with Crippen LogP contribution in [-0.4, -0.2) is 58.5 Å². The molecule has 0 saturated heterocycles. The third kappa shape index (κ3) is 20.7. The zero-order valence-electron chi connectivity index (χ0n) is 43.6. The number of unbranched alkanes of at least 4 members (excludes halogenated alkanes) is 6. The summed E-state index contributed by atoms with van der Waals surface area (Å²) >= 11 is 0. The quantitative estimate of drug-likeness (QED) is 0.0306. The molecule has 3 rings (SSSR count). The first-order chi connectivity index (χ1) is 32.6. The van der Waals surface area contributed by atoms with Crippen molar-refractivity contribution in [3.63, 3.8) is 0 Å². The van der Waals surface area contributed by atoms with Gasteiger partial charge in [-0.3, -0.25) is 0 Å². The summed E-state index contributed by atoms with van der Waals surface area (Å²) in [5.74, 6) is -1.40. The van der Waals surface area contributed by atoms with Crippen LogP contribution in [-0.2, 0) is 63.9 Å². The molecule has 0 N–H and O–H groups in total. The predicted octanol–water partition coefficient (Wildman–Crippen LogP) is 14.8. The summed E-state index contributed by atoms with van der Waals surface area (Å²) in [4.78, 5) is 0. The Morgan fingerprint density at radius 3 is 0.735 bits per heavy atom. The number of phosphoric acid groups is 1. The highest BCUT2D eigenvalue weighted by Crippen LogP contribution is 2.53. The minimum Gasteiger partial charge on any atom is -0.465 e. The van der Waals surface area contributed by atoms with Crippen molar-refractivity contribution in [2.75, 3.05) is 39.6 Å². The van der Waals surface area contributed by atoms with Gasteiger partial charge in [-0.1, -0.05) is 80.1 Å². The lowest BCUT2D eigenvalue weighted by atomic mass is 10.1. The second-order valence-electron chi connectivity index (χ2n) is 17.4. The van der Waals surface area contributed by atoms with Gasteiger partial charge in [-0.25, -0.2) is 18.1 Å². The van der Waals surface area contributed by atoms with Crippen molar-refractivity contribution in [2.45, 2.75) is 196 Å². The molecule has 0 radical (unpaired) electrons. The highest BCUT2D eigenvalue weighted by atomic mass is 31.2. The van der Waals surface area contributed by atoms with Crippen molar-refractivity contribution >= 4 is 7.82 Å². The fourth-order valence-electron chi connectivity index (χ4n) is 6.86. The number of hydrogen-bond donors (Lipinski definition) is 0. The molecule has 0 aliphatic heterocycles. The van der Waals surface area contributed by atoms with Crippen molar-refractivity contribution < 1.29 is 60.8 Å². The first-order valence-corrected chi connectivity index (χ1v) is 26.9. The predicted molar refractivity (Wildman–Crippen MR) is 268 cm³/mol. The Balaban J connectivity index is 1.84. The number of benzene rings is 3. The average Bonchev–Trinajstić information content (AvgIpc) is 3.30. The molecule has 0 bridgehead atoms. The van der Waals surface area contributed by atoms with Gasteiger partial charge in [0.05, 0.1) is 39.6 Å². The SMILES string of the molecule is CCCCOC(C)(OCCCC)c1ccc(OC(C)OP(=O)(OC(C)Oc2ccc(C(C)(OCCCC)OCCCC)cc2)OC(C)Oc2ccc(C(C)(OCCCC)OCCCC)cc2)cc1. The zero-order valence-corrected chi connectivity index (χ0v) is 44.5. The van der Waals surface area contributed by atoms with E-state index in [-0.39, 0.29) is 0 Å². The van der Waals surface area contributed by atoms with E-state index in [9.17, 15) is 4.57 Å². The maximum absolute atomic E-state index is 14.7. The van der Waals surface area contributed by atoms with Gasteiger partial charge in [0.2, 0.25) is 18.9 Å². The summed E-state index contributed by atoms with van der Waals surface area (Å²) < 4.78 is 88.7. The minimum atomic E-state index is -4.50. The van der Waals surface area contributed by atoms with Crippen LogP contribution >= 0.6 is 7.82 Å². The van der Waals surface area contributed by atoms with E-state index in [0.717, 1.165) is 93.7 Å². The Morgan fingerprint density at radius 2 is 0.559 bits per heavy atom. The van der Waals surface area contributed by atoms with E-state index in [1.807, 2.05) is 57.2 Å². The Labute approximate surface area is 410 Å². The van der Waals surface area contributed by atoms with E-state index in [1.165, 1.54) is 0 Å². The van der Waals surface area contributed by atoms with Crippen LogP contribution < -0.4 is 14.2 Å². The third-order valence-corrected chi connectivity index (χ3v) is 12.8. The number of ether oxygens (including phenoxy) is 9. The van der Waals surface area contributed by atoms with Crippen molar-refractivity contribution in [1.82, 2.24) is 0 Å². The van der Waals surface area contributed by atoms with Crippen LogP contribution in [0, 0.1) is 0 Å². The minimum absolute atomic E-state index is 0.458. The van der Waals surface area contributed by atoms with E-state index < -0.39 is 44.1 Å². The van der Waals surface area contributed by atoms with Gasteiger partial charge in [0, 0.05) is 16.7 Å². The second kappa shape index (κ2) is 31.3. The van der Waals surface area contributed by atoms with Gasteiger partial charge >= 0.3 is 7.82 Å². The smallest absolute Gasteiger partial charge is 0.465 e. The highest BCUT2D eigenvalue weighted by Gasteiger charge is 2.37. The van der Waals surface area contributed by atoms with Gasteiger partial charge < -0.3 is 42.6 Å². The highest BCUT2D eigenvalue weighted by molar-refractivity contribution is 7.48. The first-order valence-electron chi connectivity index (χ1n) is 25.4. The van der Waals surface area contributed by atoms with Gasteiger partial charge in [-0.05, 0) is 153 Å². The molecular weight excluding hydrogens is 888 g/mol. The lowest BCUT2D eigenvalue weighted by Gasteiger charge is -2.31. The number of rotatable bonds is 39. The maximum Gasteiger partial charge on any atom is 0.484 e. The summed E-state index contributed by atoms with van der Waals surface area (Å²) in [5.41, 5.74) is 2.53. The Morgan fingerprint density at radius 1 is 0.368 bits per heavy atom. The molecule has 0 amide bonds. The summed E-state index contributed by atoms with van der Waals surface area (Å²) in [7, 11) is -4.50. The van der Waals surface area contributed by atoms with Crippen molar-refractivity contribution in [2.24, 2.45) is 0 Å². The van der Waals surface area contributed by atoms with Crippen LogP contribution in [0.1, 0.15) is 177 Å². The Hall–Kier alpha value is -3.07.